The monoisotopic (exact) mass is 424 g/mol. The summed E-state index contributed by atoms with van der Waals surface area (Å²) in [4.78, 5) is 60.7. The lowest BCUT2D eigenvalue weighted by atomic mass is 9.84. The number of likely N-dealkylation sites (N-methyl/N-ethyl adjacent to an activating group) is 1. The molecule has 2 rings (SSSR count). The first-order chi connectivity index (χ1) is 14.3. The van der Waals surface area contributed by atoms with Crippen LogP contribution in [-0.4, -0.2) is 59.9 Å². The van der Waals surface area contributed by atoms with Gasteiger partial charge in [-0.25, -0.2) is 4.79 Å². The van der Waals surface area contributed by atoms with Crippen LogP contribution in [0.2, 0.25) is 0 Å². The Hall–Kier alpha value is -2.65. The third-order valence-electron chi connectivity index (χ3n) is 5.79. The number of nitrogens with one attached hydrogen (secondary N) is 4. The third kappa shape index (κ3) is 7.00. The van der Waals surface area contributed by atoms with E-state index in [2.05, 4.69) is 21.3 Å². The lowest BCUT2D eigenvalue weighted by molar-refractivity contribution is -0.140. The van der Waals surface area contributed by atoms with E-state index in [0.717, 1.165) is 32.1 Å². The van der Waals surface area contributed by atoms with Crippen molar-refractivity contribution in [1.29, 1.82) is 0 Å². The van der Waals surface area contributed by atoms with E-state index >= 15 is 0 Å². The lowest BCUT2D eigenvalue weighted by Gasteiger charge is -2.27. The van der Waals surface area contributed by atoms with Gasteiger partial charge < -0.3 is 26.4 Å². The van der Waals surface area contributed by atoms with Crippen LogP contribution in [0.25, 0.3) is 0 Å². The molecule has 0 radical (unpaired) electrons. The average molecular weight is 424 g/mol. The number of amides is 4. The number of carbonyl (C=O) groups is 5. The van der Waals surface area contributed by atoms with E-state index in [1.807, 2.05) is 0 Å². The van der Waals surface area contributed by atoms with Crippen LogP contribution >= 0.6 is 0 Å². The van der Waals surface area contributed by atoms with Crippen LogP contribution in [-0.2, 0) is 19.2 Å². The Balaban J connectivity index is 2.10. The molecule has 10 nitrogen and oxygen atoms in total. The van der Waals surface area contributed by atoms with Crippen molar-refractivity contribution in [2.75, 3.05) is 13.1 Å². The maximum absolute atomic E-state index is 12.9. The van der Waals surface area contributed by atoms with Gasteiger partial charge in [-0.15, -0.1) is 0 Å². The van der Waals surface area contributed by atoms with Crippen LogP contribution in [0.3, 0.4) is 0 Å². The first kappa shape index (κ1) is 23.6. The molecule has 168 valence electrons. The fourth-order valence-electron chi connectivity index (χ4n) is 4.20. The number of carbonyl (C=O) groups excluding carboxylic acids is 4. The van der Waals surface area contributed by atoms with Gasteiger partial charge in [0.05, 0.1) is 6.04 Å². The quantitative estimate of drug-likeness (QED) is 0.318. The summed E-state index contributed by atoms with van der Waals surface area (Å²) in [6, 6.07) is -2.21. The second-order valence-corrected chi connectivity index (χ2v) is 8.04. The topological polar surface area (TPSA) is 154 Å². The van der Waals surface area contributed by atoms with Crippen molar-refractivity contribution in [1.82, 2.24) is 21.3 Å². The Morgan fingerprint density at radius 2 is 1.73 bits per heavy atom. The maximum atomic E-state index is 12.9. The molecule has 2 fully saturated rings. The van der Waals surface area contributed by atoms with Crippen molar-refractivity contribution in [2.24, 2.45) is 11.8 Å². The molecule has 2 aliphatic rings. The molecule has 0 aromatic heterocycles. The molecule has 1 saturated carbocycles. The standard InChI is InChI=1S/C20H32N4O6/c1-2-21-19(28)16(25)14(11-13-8-9-22-17(13)26)23-18(27)15(24-20(29)30)10-12-6-4-3-5-7-12/h12-15,24H,2-11H2,1H3,(H,21,28)(H,22,26)(H,23,27)(H,29,30)/t13-,14-,15-/m0/s1. The second-order valence-electron chi connectivity index (χ2n) is 8.04. The molecule has 1 aliphatic carbocycles. The number of hydrogen-bond acceptors (Lipinski definition) is 5. The summed E-state index contributed by atoms with van der Waals surface area (Å²) in [5.74, 6) is -2.81. The molecule has 1 heterocycles. The van der Waals surface area contributed by atoms with E-state index in [0.29, 0.717) is 19.4 Å². The third-order valence-corrected chi connectivity index (χ3v) is 5.79. The predicted octanol–water partition coefficient (Wildman–Crippen LogP) is 0.309. The van der Waals surface area contributed by atoms with Crippen molar-refractivity contribution in [3.63, 3.8) is 0 Å². The van der Waals surface area contributed by atoms with Gasteiger partial charge in [0.1, 0.15) is 6.04 Å². The Morgan fingerprint density at radius 3 is 2.30 bits per heavy atom. The molecule has 1 aliphatic heterocycles. The molecular formula is C20H32N4O6. The number of Topliss-reactive ketones (excluding diaryl/α,β-unsaturated/α-hetero) is 1. The number of carboxylic acid groups (broad SMARTS) is 1. The van der Waals surface area contributed by atoms with Crippen LogP contribution in [0.4, 0.5) is 4.79 Å². The minimum atomic E-state index is -1.33. The van der Waals surface area contributed by atoms with Crippen LogP contribution in [0, 0.1) is 11.8 Å². The molecule has 1 saturated heterocycles. The van der Waals surface area contributed by atoms with Crippen molar-refractivity contribution >= 4 is 29.6 Å². The zero-order valence-corrected chi connectivity index (χ0v) is 17.4. The first-order valence-corrected chi connectivity index (χ1v) is 10.7. The van der Waals surface area contributed by atoms with E-state index in [9.17, 15) is 24.0 Å². The fourth-order valence-corrected chi connectivity index (χ4v) is 4.20. The number of ketones is 1. The van der Waals surface area contributed by atoms with Crippen LogP contribution in [0.5, 0.6) is 0 Å². The van der Waals surface area contributed by atoms with Gasteiger partial charge in [-0.3, -0.25) is 19.2 Å². The smallest absolute Gasteiger partial charge is 0.405 e. The number of rotatable bonds is 10. The number of hydrogen-bond donors (Lipinski definition) is 5. The summed E-state index contributed by atoms with van der Waals surface area (Å²) in [7, 11) is 0. The van der Waals surface area contributed by atoms with E-state index in [1.165, 1.54) is 0 Å². The van der Waals surface area contributed by atoms with E-state index < -0.39 is 41.7 Å². The molecule has 4 amide bonds. The Morgan fingerprint density at radius 1 is 1.03 bits per heavy atom. The van der Waals surface area contributed by atoms with Gasteiger partial charge in [0.15, 0.2) is 0 Å². The van der Waals surface area contributed by atoms with E-state index in [1.54, 1.807) is 6.92 Å². The molecule has 10 heteroatoms. The highest BCUT2D eigenvalue weighted by Crippen LogP contribution is 2.27. The zero-order valence-electron chi connectivity index (χ0n) is 17.4. The van der Waals surface area contributed by atoms with Gasteiger partial charge in [0.2, 0.25) is 17.6 Å². The van der Waals surface area contributed by atoms with Gasteiger partial charge in [0, 0.05) is 19.0 Å². The summed E-state index contributed by atoms with van der Waals surface area (Å²) in [5.41, 5.74) is 0. The van der Waals surface area contributed by atoms with Crippen LogP contribution in [0.15, 0.2) is 0 Å². The van der Waals surface area contributed by atoms with Gasteiger partial charge in [0.25, 0.3) is 5.91 Å². The molecule has 3 atom stereocenters. The summed E-state index contributed by atoms with van der Waals surface area (Å²) >= 11 is 0. The van der Waals surface area contributed by atoms with Gasteiger partial charge in [-0.05, 0) is 32.1 Å². The molecule has 0 bridgehead atoms. The van der Waals surface area contributed by atoms with Gasteiger partial charge in [-0.1, -0.05) is 32.1 Å². The van der Waals surface area contributed by atoms with E-state index in [4.69, 9.17) is 5.11 Å². The summed E-state index contributed by atoms with van der Waals surface area (Å²) in [6.45, 7) is 2.39. The normalized spacial score (nSPS) is 21.2. The largest absolute Gasteiger partial charge is 0.465 e. The molecule has 0 aromatic carbocycles. The minimum absolute atomic E-state index is 0.00321. The first-order valence-electron chi connectivity index (χ1n) is 10.7. The van der Waals surface area contributed by atoms with Crippen molar-refractivity contribution in [3.8, 4) is 0 Å². The predicted molar refractivity (Wildman–Crippen MR) is 107 cm³/mol. The highest BCUT2D eigenvalue weighted by atomic mass is 16.4. The molecule has 0 aromatic rings. The lowest BCUT2D eigenvalue weighted by Crippen LogP contribution is -2.54. The summed E-state index contributed by atoms with van der Waals surface area (Å²) in [5, 5.41) is 19.0. The van der Waals surface area contributed by atoms with Crippen LogP contribution < -0.4 is 21.3 Å². The highest BCUT2D eigenvalue weighted by molar-refractivity contribution is 6.38. The Kier molecular flexibility index (Phi) is 9.07. The summed E-state index contributed by atoms with van der Waals surface area (Å²) in [6.07, 6.45) is 4.58. The average Bonchev–Trinajstić information content (AvgIpc) is 3.11. The molecular weight excluding hydrogens is 392 g/mol. The highest BCUT2D eigenvalue weighted by Gasteiger charge is 2.35. The maximum Gasteiger partial charge on any atom is 0.405 e. The van der Waals surface area contributed by atoms with Crippen LogP contribution in [0.1, 0.15) is 58.3 Å². The van der Waals surface area contributed by atoms with Crippen molar-refractivity contribution in [2.45, 2.75) is 70.4 Å². The van der Waals surface area contributed by atoms with Gasteiger partial charge >= 0.3 is 6.09 Å². The van der Waals surface area contributed by atoms with Crippen molar-refractivity contribution in [3.05, 3.63) is 0 Å². The Labute approximate surface area is 175 Å². The molecule has 0 spiro atoms. The fraction of sp³-hybridized carbons (Fsp3) is 0.750. The Bertz CT molecular complexity index is 662. The zero-order chi connectivity index (χ0) is 22.1. The second kappa shape index (κ2) is 11.5. The van der Waals surface area contributed by atoms with Gasteiger partial charge in [-0.2, -0.15) is 0 Å². The molecule has 30 heavy (non-hydrogen) atoms. The SMILES string of the molecule is CCNC(=O)C(=O)[C@H](C[C@@H]1CCNC1=O)NC(=O)[C@H](CC1CCCCC1)NC(=O)O. The minimum Gasteiger partial charge on any atom is -0.465 e. The van der Waals surface area contributed by atoms with E-state index in [-0.39, 0.29) is 24.8 Å². The summed E-state index contributed by atoms with van der Waals surface area (Å²) < 4.78 is 0. The molecule has 5 N–H and O–H groups in total. The van der Waals surface area contributed by atoms with Crippen molar-refractivity contribution < 1.29 is 29.1 Å². The molecule has 0 unspecified atom stereocenters.